The van der Waals surface area contributed by atoms with E-state index in [1.54, 1.807) is 38.1 Å². The molecule has 2 amide bonds. The van der Waals surface area contributed by atoms with E-state index >= 15 is 0 Å². The molecule has 142 valence electrons. The Bertz CT molecular complexity index is 654. The third kappa shape index (κ3) is 5.21. The lowest BCUT2D eigenvalue weighted by molar-refractivity contribution is -0.151. The van der Waals surface area contributed by atoms with E-state index < -0.39 is 12.0 Å². The molecule has 0 saturated carbocycles. The minimum absolute atomic E-state index is 0.0405. The lowest BCUT2D eigenvalue weighted by Crippen LogP contribution is -2.57. The van der Waals surface area contributed by atoms with Crippen LogP contribution < -0.4 is 10.1 Å². The van der Waals surface area contributed by atoms with Gasteiger partial charge in [-0.15, -0.1) is 0 Å². The second-order valence-corrected chi connectivity index (χ2v) is 6.74. The van der Waals surface area contributed by atoms with Gasteiger partial charge in [0.15, 0.2) is 0 Å². The molecule has 1 atom stereocenters. The zero-order valence-electron chi connectivity index (χ0n) is 15.7. The molecule has 0 bridgehead atoms. The number of benzene rings is 1. The second-order valence-electron chi connectivity index (χ2n) is 6.74. The third-order valence-corrected chi connectivity index (χ3v) is 3.79. The van der Waals surface area contributed by atoms with Gasteiger partial charge in [0.05, 0.1) is 18.6 Å². The number of carbonyl (C=O) groups excluding carboxylic acids is 3. The maximum absolute atomic E-state index is 12.8. The third-order valence-electron chi connectivity index (χ3n) is 3.79. The van der Waals surface area contributed by atoms with Crippen LogP contribution >= 0.6 is 0 Å². The van der Waals surface area contributed by atoms with E-state index in [9.17, 15) is 14.4 Å². The van der Waals surface area contributed by atoms with Crippen LogP contribution in [-0.2, 0) is 14.3 Å². The molecule has 1 aliphatic heterocycles. The molecule has 0 aromatic heterocycles. The van der Waals surface area contributed by atoms with Crippen LogP contribution in [0.25, 0.3) is 0 Å². The summed E-state index contributed by atoms with van der Waals surface area (Å²) in [6.45, 7) is 8.02. The van der Waals surface area contributed by atoms with Gasteiger partial charge in [0, 0.05) is 18.7 Å². The van der Waals surface area contributed by atoms with Crippen molar-refractivity contribution in [3.8, 4) is 5.75 Å². The van der Waals surface area contributed by atoms with Gasteiger partial charge in [-0.25, -0.2) is 0 Å². The molecule has 7 nitrogen and oxygen atoms in total. The Hall–Kier alpha value is -2.57. The van der Waals surface area contributed by atoms with Gasteiger partial charge in [-0.05, 0) is 52.0 Å². The highest BCUT2D eigenvalue weighted by Crippen LogP contribution is 2.18. The van der Waals surface area contributed by atoms with Crippen molar-refractivity contribution in [1.29, 1.82) is 0 Å². The monoisotopic (exact) mass is 362 g/mol. The Morgan fingerprint density at radius 1 is 1.15 bits per heavy atom. The number of carbonyl (C=O) groups is 3. The van der Waals surface area contributed by atoms with Gasteiger partial charge in [-0.2, -0.15) is 0 Å². The molecular weight excluding hydrogens is 336 g/mol. The summed E-state index contributed by atoms with van der Waals surface area (Å²) in [6.07, 6.45) is -0.393. The number of piperazine rings is 1. The predicted molar refractivity (Wildman–Crippen MR) is 95.9 cm³/mol. The Kier molecular flexibility index (Phi) is 6.60. The lowest BCUT2D eigenvalue weighted by atomic mass is 10.1. The van der Waals surface area contributed by atoms with Gasteiger partial charge in [0.2, 0.25) is 5.91 Å². The zero-order chi connectivity index (χ0) is 19.3. The minimum atomic E-state index is -0.867. The summed E-state index contributed by atoms with van der Waals surface area (Å²) < 4.78 is 10.7. The fourth-order valence-electron chi connectivity index (χ4n) is 2.74. The predicted octanol–water partition coefficient (Wildman–Crippen LogP) is 1.76. The first kappa shape index (κ1) is 19.8. The summed E-state index contributed by atoms with van der Waals surface area (Å²) in [5.74, 6) is -0.464. The van der Waals surface area contributed by atoms with Crippen molar-refractivity contribution in [2.24, 2.45) is 0 Å². The van der Waals surface area contributed by atoms with E-state index in [0.29, 0.717) is 24.4 Å². The number of hydrogen-bond acceptors (Lipinski definition) is 5. The smallest absolute Gasteiger partial charge is 0.308 e. The Labute approximate surface area is 153 Å². The van der Waals surface area contributed by atoms with E-state index in [0.717, 1.165) is 0 Å². The number of amides is 2. The van der Waals surface area contributed by atoms with Crippen LogP contribution in [0, 0.1) is 0 Å². The fraction of sp³-hybridized carbons (Fsp3) is 0.526. The highest BCUT2D eigenvalue weighted by molar-refractivity contribution is 5.99. The van der Waals surface area contributed by atoms with Crippen molar-refractivity contribution in [3.05, 3.63) is 29.8 Å². The summed E-state index contributed by atoms with van der Waals surface area (Å²) in [4.78, 5) is 38.4. The van der Waals surface area contributed by atoms with E-state index in [4.69, 9.17) is 9.47 Å². The van der Waals surface area contributed by atoms with Crippen molar-refractivity contribution in [3.63, 3.8) is 0 Å². The summed E-state index contributed by atoms with van der Waals surface area (Å²) in [7, 11) is 0. The van der Waals surface area contributed by atoms with Crippen LogP contribution in [0.4, 0.5) is 0 Å². The molecule has 2 rings (SSSR count). The summed E-state index contributed by atoms with van der Waals surface area (Å²) >= 11 is 0. The van der Waals surface area contributed by atoms with Crippen molar-refractivity contribution in [2.45, 2.75) is 52.4 Å². The van der Waals surface area contributed by atoms with Crippen LogP contribution in [-0.4, -0.2) is 54.0 Å². The second kappa shape index (κ2) is 8.69. The van der Waals surface area contributed by atoms with Gasteiger partial charge < -0.3 is 19.7 Å². The summed E-state index contributed by atoms with van der Waals surface area (Å²) in [5.41, 5.74) is 0.443. The van der Waals surface area contributed by atoms with Gasteiger partial charge in [-0.3, -0.25) is 14.4 Å². The lowest BCUT2D eigenvalue weighted by Gasteiger charge is -2.34. The summed E-state index contributed by atoms with van der Waals surface area (Å²) in [6, 6.07) is 5.90. The van der Waals surface area contributed by atoms with Crippen LogP contribution in [0.3, 0.4) is 0 Å². The van der Waals surface area contributed by atoms with E-state index in [1.807, 2.05) is 13.8 Å². The van der Waals surface area contributed by atoms with Crippen LogP contribution in [0.2, 0.25) is 0 Å². The Morgan fingerprint density at radius 2 is 1.81 bits per heavy atom. The largest absolute Gasteiger partial charge is 0.491 e. The normalized spacial score (nSPS) is 17.2. The van der Waals surface area contributed by atoms with Gasteiger partial charge in [0.25, 0.3) is 5.91 Å². The molecule has 0 aliphatic carbocycles. The van der Waals surface area contributed by atoms with E-state index in [1.165, 1.54) is 4.90 Å². The molecule has 1 aromatic carbocycles. The molecule has 0 spiro atoms. The summed E-state index contributed by atoms with van der Waals surface area (Å²) in [5, 5.41) is 2.70. The van der Waals surface area contributed by atoms with Gasteiger partial charge >= 0.3 is 5.97 Å². The molecule has 1 aromatic rings. The topological polar surface area (TPSA) is 84.9 Å². The standard InChI is InChI=1S/C19H26N2O5/c1-12(2)25-15-7-5-14(6-8-15)19(24)21-10-9-20-18(23)16(21)11-17(22)26-13(3)4/h5-8,12-13,16H,9-11H2,1-4H3,(H,20,23). The minimum Gasteiger partial charge on any atom is -0.491 e. The maximum atomic E-state index is 12.8. The molecule has 1 unspecified atom stereocenters. The molecule has 1 N–H and O–H groups in total. The van der Waals surface area contributed by atoms with Crippen molar-refractivity contribution >= 4 is 17.8 Å². The molecule has 1 saturated heterocycles. The number of rotatable bonds is 6. The highest BCUT2D eigenvalue weighted by Gasteiger charge is 2.35. The van der Waals surface area contributed by atoms with Crippen LogP contribution in [0.15, 0.2) is 24.3 Å². The molecule has 0 radical (unpaired) electrons. The number of ether oxygens (including phenoxy) is 2. The highest BCUT2D eigenvalue weighted by atomic mass is 16.5. The first-order valence-electron chi connectivity index (χ1n) is 8.82. The first-order chi connectivity index (χ1) is 12.3. The number of nitrogens with one attached hydrogen (secondary N) is 1. The quantitative estimate of drug-likeness (QED) is 0.780. The van der Waals surface area contributed by atoms with Gasteiger partial charge in [-0.1, -0.05) is 0 Å². The van der Waals surface area contributed by atoms with Crippen molar-refractivity contribution < 1.29 is 23.9 Å². The number of hydrogen-bond donors (Lipinski definition) is 1. The maximum Gasteiger partial charge on any atom is 0.308 e. The molecule has 26 heavy (non-hydrogen) atoms. The fourth-order valence-corrected chi connectivity index (χ4v) is 2.74. The van der Waals surface area contributed by atoms with E-state index in [-0.39, 0.29) is 30.4 Å². The molecule has 1 aliphatic rings. The SMILES string of the molecule is CC(C)OC(=O)CC1C(=O)NCCN1C(=O)c1ccc(OC(C)C)cc1. The van der Waals surface area contributed by atoms with Gasteiger partial charge in [0.1, 0.15) is 11.8 Å². The Balaban J connectivity index is 2.13. The van der Waals surface area contributed by atoms with Crippen molar-refractivity contribution in [1.82, 2.24) is 10.2 Å². The molecular formula is C19H26N2O5. The molecule has 7 heteroatoms. The number of esters is 1. The average molecular weight is 362 g/mol. The number of nitrogens with zero attached hydrogens (tertiary/aromatic N) is 1. The Morgan fingerprint density at radius 3 is 2.38 bits per heavy atom. The zero-order valence-corrected chi connectivity index (χ0v) is 15.7. The average Bonchev–Trinajstić information content (AvgIpc) is 2.55. The molecule has 1 fully saturated rings. The first-order valence-corrected chi connectivity index (χ1v) is 8.82. The van der Waals surface area contributed by atoms with E-state index in [2.05, 4.69) is 5.32 Å². The molecule has 1 heterocycles. The van der Waals surface area contributed by atoms with Crippen LogP contribution in [0.1, 0.15) is 44.5 Å². The van der Waals surface area contributed by atoms with Crippen molar-refractivity contribution in [2.75, 3.05) is 13.1 Å². The van der Waals surface area contributed by atoms with Crippen LogP contribution in [0.5, 0.6) is 5.75 Å².